The van der Waals surface area contributed by atoms with Crippen LogP contribution in [0.1, 0.15) is 34.1 Å². The molecule has 1 aliphatic rings. The molecule has 1 radical (unpaired) electrons. The van der Waals surface area contributed by atoms with E-state index in [0.717, 1.165) is 5.69 Å². The first-order valence-corrected chi connectivity index (χ1v) is 13.5. The Balaban J connectivity index is 2.20. The molecular weight excluding hydrogens is 455 g/mol. The van der Waals surface area contributed by atoms with Crippen molar-refractivity contribution in [1.29, 1.82) is 0 Å². The van der Waals surface area contributed by atoms with Gasteiger partial charge in [0.05, 0.1) is 0 Å². The van der Waals surface area contributed by atoms with Crippen LogP contribution in [0.25, 0.3) is 0 Å². The van der Waals surface area contributed by atoms with Crippen LogP contribution in [0.2, 0.25) is 23.2 Å². The molecule has 1 amide bonds. The summed E-state index contributed by atoms with van der Waals surface area (Å²) in [5.41, 5.74) is 0.722. The number of hydrogen-bond donors (Lipinski definition) is 0. The monoisotopic (exact) mass is 483 g/mol. The third-order valence-electron chi connectivity index (χ3n) is 5.65. The fraction of sp³-hybridized carbons (Fsp3) is 0.524. The van der Waals surface area contributed by atoms with Gasteiger partial charge in [0.15, 0.2) is 0 Å². The number of terminal acetylenes is 1. The molecule has 151 valence electrons. The molecule has 0 saturated carbocycles. The normalized spacial score (nSPS) is 21.9. The second-order valence-corrected chi connectivity index (χ2v) is 14.6. The predicted octanol–water partition coefficient (Wildman–Crippen LogP) is 4.76. The molecule has 1 aromatic carbocycles. The standard InChI is InChI=1S/C21H28ClN2O2SeSi/c1-8-9-17-18(14(2)26-28(6,7)21(3,4)5)19(25)24(17)20(27)23-16-12-10-15(22)11-13-16/h1,10-14,17-18H,9H2,2-7H3/t14-,17-,18-/m1/s1. The van der Waals surface area contributed by atoms with Gasteiger partial charge in [-0.15, -0.1) is 0 Å². The fourth-order valence-electron chi connectivity index (χ4n) is 3.05. The molecule has 1 aliphatic heterocycles. The first kappa shape index (κ1) is 23.2. The van der Waals surface area contributed by atoms with Crippen molar-refractivity contribution < 1.29 is 9.22 Å². The van der Waals surface area contributed by atoms with E-state index < -0.39 is 8.32 Å². The summed E-state index contributed by atoms with van der Waals surface area (Å²) in [5, 5.41) is 0.720. The summed E-state index contributed by atoms with van der Waals surface area (Å²) in [5.74, 6) is 2.44. The van der Waals surface area contributed by atoms with Gasteiger partial charge in [-0.3, -0.25) is 0 Å². The van der Waals surface area contributed by atoms with E-state index in [4.69, 9.17) is 22.5 Å². The molecule has 2 rings (SSSR count). The van der Waals surface area contributed by atoms with Crippen molar-refractivity contribution in [3.63, 3.8) is 0 Å². The molecule has 4 nitrogen and oxygen atoms in total. The van der Waals surface area contributed by atoms with E-state index in [9.17, 15) is 4.79 Å². The summed E-state index contributed by atoms with van der Waals surface area (Å²) in [4.78, 5) is 19.2. The number of amidine groups is 1. The average molecular weight is 483 g/mol. The zero-order valence-electron chi connectivity index (χ0n) is 17.3. The molecule has 1 aromatic rings. The Kier molecular flexibility index (Phi) is 7.23. The second-order valence-electron chi connectivity index (χ2n) is 8.66. The van der Waals surface area contributed by atoms with Crippen LogP contribution in [-0.4, -0.2) is 52.0 Å². The van der Waals surface area contributed by atoms with Crippen LogP contribution in [-0.2, 0) is 9.22 Å². The number of hydrogen-bond acceptors (Lipinski definition) is 3. The molecule has 0 aliphatic carbocycles. The second kappa shape index (κ2) is 8.73. The van der Waals surface area contributed by atoms with Crippen molar-refractivity contribution in [2.24, 2.45) is 10.9 Å². The van der Waals surface area contributed by atoms with Gasteiger partial charge < -0.3 is 0 Å². The van der Waals surface area contributed by atoms with Crippen LogP contribution in [0.3, 0.4) is 0 Å². The van der Waals surface area contributed by atoms with Crippen LogP contribution in [0.5, 0.6) is 0 Å². The van der Waals surface area contributed by atoms with Gasteiger partial charge >= 0.3 is 183 Å². The number of likely N-dealkylation sites (tertiary alicyclic amines) is 1. The molecular formula is C21H28ClN2O2SeSi. The summed E-state index contributed by atoms with van der Waals surface area (Å²) >= 11 is 8.84. The van der Waals surface area contributed by atoms with E-state index in [-0.39, 0.29) is 29.0 Å². The number of rotatable bonds is 5. The van der Waals surface area contributed by atoms with E-state index in [1.807, 2.05) is 6.92 Å². The molecule has 1 heterocycles. The SMILES string of the molecule is C#CC[C@@H]1[C@@H]([C@@H](C)O[Si](C)(C)C(C)(C)C)C(=O)N1C([Se])=Nc1ccc(Cl)cc1. The summed E-state index contributed by atoms with van der Waals surface area (Å²) in [6, 6.07) is 7.02. The quantitative estimate of drug-likeness (QED) is 0.200. The minimum absolute atomic E-state index is 0.00192. The van der Waals surface area contributed by atoms with Crippen molar-refractivity contribution in [1.82, 2.24) is 4.90 Å². The van der Waals surface area contributed by atoms with Gasteiger partial charge in [0, 0.05) is 0 Å². The van der Waals surface area contributed by atoms with Crippen LogP contribution in [0.15, 0.2) is 29.3 Å². The molecule has 0 N–H and O–H groups in total. The number of benzene rings is 1. The van der Waals surface area contributed by atoms with E-state index in [2.05, 4.69) is 60.8 Å². The van der Waals surface area contributed by atoms with Gasteiger partial charge in [0.1, 0.15) is 0 Å². The van der Waals surface area contributed by atoms with Crippen molar-refractivity contribution in [3.05, 3.63) is 29.3 Å². The maximum absolute atomic E-state index is 13.0. The summed E-state index contributed by atoms with van der Waals surface area (Å²) < 4.78 is 6.99. The predicted molar refractivity (Wildman–Crippen MR) is 120 cm³/mol. The molecule has 7 heteroatoms. The van der Waals surface area contributed by atoms with Crippen molar-refractivity contribution in [3.8, 4) is 12.3 Å². The zero-order valence-corrected chi connectivity index (χ0v) is 20.8. The Hall–Kier alpha value is -1.09. The number of amides is 1. The first-order valence-electron chi connectivity index (χ1n) is 9.34. The Bertz CT molecular complexity index is 796. The first-order chi connectivity index (χ1) is 12.9. The number of carbonyl (C=O) groups excluding carboxylic acids is 1. The fourth-order valence-corrected chi connectivity index (χ4v) is 5.30. The van der Waals surface area contributed by atoms with Gasteiger partial charge in [-0.2, -0.15) is 0 Å². The number of β-lactam (4-membered cyclic amide) rings is 1. The maximum atomic E-state index is 13.0. The molecule has 1 fully saturated rings. The molecule has 28 heavy (non-hydrogen) atoms. The number of carbonyl (C=O) groups is 1. The summed E-state index contributed by atoms with van der Waals surface area (Å²) in [7, 11) is -1.98. The van der Waals surface area contributed by atoms with Gasteiger partial charge in [-0.05, 0) is 0 Å². The average Bonchev–Trinajstić information content (AvgIpc) is 2.55. The van der Waals surface area contributed by atoms with Gasteiger partial charge in [0.2, 0.25) is 0 Å². The molecule has 1 saturated heterocycles. The Labute approximate surface area is 183 Å². The summed E-state index contributed by atoms with van der Waals surface area (Å²) in [6.45, 7) is 13.0. The van der Waals surface area contributed by atoms with E-state index in [0.29, 0.717) is 16.2 Å². The summed E-state index contributed by atoms with van der Waals surface area (Å²) in [6.07, 6.45) is 5.86. The zero-order chi connectivity index (χ0) is 21.3. The van der Waals surface area contributed by atoms with Gasteiger partial charge in [-0.1, -0.05) is 0 Å². The van der Waals surface area contributed by atoms with Gasteiger partial charge in [-0.25, -0.2) is 0 Å². The molecule has 0 spiro atoms. The third kappa shape index (κ3) is 4.90. The van der Waals surface area contributed by atoms with E-state index >= 15 is 0 Å². The number of nitrogens with zero attached hydrogens (tertiary/aromatic N) is 2. The molecule has 0 bridgehead atoms. The number of halogens is 1. The Morgan fingerprint density at radius 3 is 2.46 bits per heavy atom. The minimum atomic E-state index is -1.98. The van der Waals surface area contributed by atoms with Crippen molar-refractivity contribution in [2.45, 2.75) is 64.4 Å². The van der Waals surface area contributed by atoms with Crippen molar-refractivity contribution >= 4 is 52.3 Å². The Morgan fingerprint density at radius 2 is 1.96 bits per heavy atom. The van der Waals surface area contributed by atoms with Gasteiger partial charge in [0.25, 0.3) is 0 Å². The topological polar surface area (TPSA) is 41.9 Å². The molecule has 3 atom stereocenters. The van der Waals surface area contributed by atoms with E-state index in [1.54, 1.807) is 29.2 Å². The van der Waals surface area contributed by atoms with Crippen LogP contribution < -0.4 is 0 Å². The molecule has 0 aromatic heterocycles. The van der Waals surface area contributed by atoms with Crippen LogP contribution in [0, 0.1) is 18.3 Å². The van der Waals surface area contributed by atoms with Crippen molar-refractivity contribution in [2.75, 3.05) is 0 Å². The molecule has 0 unspecified atom stereocenters. The number of aliphatic imine (C=N–C) groups is 1. The van der Waals surface area contributed by atoms with Crippen LogP contribution >= 0.6 is 11.6 Å². The Morgan fingerprint density at radius 1 is 1.39 bits per heavy atom. The van der Waals surface area contributed by atoms with Crippen LogP contribution in [0.4, 0.5) is 5.69 Å². The third-order valence-corrected chi connectivity index (χ3v) is 11.1. The van der Waals surface area contributed by atoms with E-state index in [1.165, 1.54) is 0 Å².